The number of rotatable bonds is 3. The maximum atomic E-state index is 11.1. The van der Waals surface area contributed by atoms with Crippen molar-refractivity contribution in [2.75, 3.05) is 0 Å². The van der Waals surface area contributed by atoms with Gasteiger partial charge < -0.3 is 4.79 Å². The molecule has 0 amide bonds. The Hall–Kier alpha value is -0.330. The van der Waals surface area contributed by atoms with Crippen LogP contribution in [0.2, 0.25) is 0 Å². The van der Waals surface area contributed by atoms with Gasteiger partial charge in [0.05, 0.1) is 0 Å². The normalized spacial score (nSPS) is 35.1. The molecule has 0 heterocycles. The second-order valence-electron chi connectivity index (χ2n) is 6.12. The third kappa shape index (κ3) is 2.83. The molecule has 1 aliphatic carbocycles. The van der Waals surface area contributed by atoms with Crippen molar-refractivity contribution in [1.29, 1.82) is 0 Å². The fourth-order valence-electron chi connectivity index (χ4n) is 3.20. The van der Waals surface area contributed by atoms with E-state index in [1.807, 2.05) is 0 Å². The molecule has 1 fully saturated rings. The summed E-state index contributed by atoms with van der Waals surface area (Å²) in [6.45, 7) is 11.2. The van der Waals surface area contributed by atoms with E-state index in [0.29, 0.717) is 11.2 Å². The molecular formula is C14H26O. The number of hydrogen-bond donors (Lipinski definition) is 0. The van der Waals surface area contributed by atoms with Crippen molar-refractivity contribution < 1.29 is 4.79 Å². The van der Waals surface area contributed by atoms with E-state index in [2.05, 4.69) is 27.7 Å². The van der Waals surface area contributed by atoms with Crippen molar-refractivity contribution in [2.45, 2.75) is 60.3 Å². The monoisotopic (exact) mass is 210 g/mol. The molecule has 1 heteroatoms. The first-order chi connectivity index (χ1) is 6.85. The van der Waals surface area contributed by atoms with Gasteiger partial charge in [-0.3, -0.25) is 0 Å². The number of hydrogen-bond acceptors (Lipinski definition) is 1. The second-order valence-corrected chi connectivity index (χ2v) is 6.12. The Morgan fingerprint density at radius 2 is 1.87 bits per heavy atom. The van der Waals surface area contributed by atoms with Crippen LogP contribution >= 0.6 is 0 Å². The maximum absolute atomic E-state index is 11.1. The smallest absolute Gasteiger partial charge is 0.129 e. The second kappa shape index (κ2) is 4.67. The van der Waals surface area contributed by atoms with Crippen molar-refractivity contribution >= 4 is 5.78 Å². The van der Waals surface area contributed by atoms with E-state index in [-0.39, 0.29) is 0 Å². The molecule has 0 N–H and O–H groups in total. The number of ketones is 1. The highest BCUT2D eigenvalue weighted by molar-refractivity contribution is 5.75. The van der Waals surface area contributed by atoms with Crippen LogP contribution in [0.5, 0.6) is 0 Å². The number of carbonyl (C=O) groups is 1. The summed E-state index contributed by atoms with van der Waals surface area (Å²) in [5, 5.41) is 0. The molecule has 0 aromatic carbocycles. The topological polar surface area (TPSA) is 17.1 Å². The molecule has 1 aliphatic rings. The summed E-state index contributed by atoms with van der Waals surface area (Å²) < 4.78 is 0. The third-order valence-electron chi connectivity index (χ3n) is 4.78. The summed E-state index contributed by atoms with van der Waals surface area (Å²) in [7, 11) is 0. The standard InChI is InChI=1S/C14H26O/c1-10-6-7-11(2)14(4,5)13(10)9-8-12(3)15/h10-11,13H,6-9H2,1-5H3. The van der Waals surface area contributed by atoms with Crippen molar-refractivity contribution in [1.82, 2.24) is 0 Å². The Morgan fingerprint density at radius 1 is 1.27 bits per heavy atom. The van der Waals surface area contributed by atoms with E-state index >= 15 is 0 Å². The van der Waals surface area contributed by atoms with Crippen molar-refractivity contribution in [3.8, 4) is 0 Å². The predicted octanol–water partition coefficient (Wildman–Crippen LogP) is 4.06. The fourth-order valence-corrected chi connectivity index (χ4v) is 3.20. The van der Waals surface area contributed by atoms with Gasteiger partial charge in [-0.05, 0) is 42.9 Å². The van der Waals surface area contributed by atoms with E-state index in [1.165, 1.54) is 12.8 Å². The lowest BCUT2D eigenvalue weighted by Crippen LogP contribution is -2.39. The van der Waals surface area contributed by atoms with Crippen molar-refractivity contribution in [3.63, 3.8) is 0 Å². The van der Waals surface area contributed by atoms with Crippen LogP contribution in [0, 0.1) is 23.2 Å². The maximum Gasteiger partial charge on any atom is 0.129 e. The highest BCUT2D eigenvalue weighted by Crippen LogP contribution is 2.49. The number of carbonyl (C=O) groups excluding carboxylic acids is 1. The molecule has 1 rings (SSSR count). The summed E-state index contributed by atoms with van der Waals surface area (Å²) in [4.78, 5) is 11.1. The Morgan fingerprint density at radius 3 is 2.40 bits per heavy atom. The highest BCUT2D eigenvalue weighted by Gasteiger charge is 2.40. The van der Waals surface area contributed by atoms with E-state index < -0.39 is 0 Å². The van der Waals surface area contributed by atoms with Crippen LogP contribution in [0.25, 0.3) is 0 Å². The largest absolute Gasteiger partial charge is 0.300 e. The van der Waals surface area contributed by atoms with E-state index in [1.54, 1.807) is 6.92 Å². The molecule has 0 radical (unpaired) electrons. The Bertz CT molecular complexity index is 229. The zero-order valence-corrected chi connectivity index (χ0v) is 11.0. The molecule has 15 heavy (non-hydrogen) atoms. The minimum Gasteiger partial charge on any atom is -0.300 e. The average molecular weight is 210 g/mol. The average Bonchev–Trinajstić information content (AvgIpc) is 2.11. The van der Waals surface area contributed by atoms with Gasteiger partial charge in [0.1, 0.15) is 5.78 Å². The zero-order valence-electron chi connectivity index (χ0n) is 11.0. The molecule has 3 atom stereocenters. The summed E-state index contributed by atoms with van der Waals surface area (Å²) in [5.74, 6) is 2.66. The first-order valence-electron chi connectivity index (χ1n) is 6.35. The molecule has 0 aromatic heterocycles. The molecule has 1 nitrogen and oxygen atoms in total. The molecule has 0 spiro atoms. The Kier molecular flexibility index (Phi) is 3.97. The first kappa shape index (κ1) is 12.7. The SMILES string of the molecule is CC(=O)CCC1C(C)CCC(C)C1(C)C. The predicted molar refractivity (Wildman–Crippen MR) is 64.7 cm³/mol. The molecule has 0 aromatic rings. The lowest BCUT2D eigenvalue weighted by atomic mass is 9.58. The fraction of sp³-hybridized carbons (Fsp3) is 0.929. The molecule has 0 aliphatic heterocycles. The first-order valence-corrected chi connectivity index (χ1v) is 6.35. The van der Waals surface area contributed by atoms with Gasteiger partial charge in [0.15, 0.2) is 0 Å². The van der Waals surface area contributed by atoms with Gasteiger partial charge in [0.25, 0.3) is 0 Å². The van der Waals surface area contributed by atoms with Gasteiger partial charge in [0.2, 0.25) is 0 Å². The van der Waals surface area contributed by atoms with Crippen LogP contribution in [0.1, 0.15) is 60.3 Å². The van der Waals surface area contributed by atoms with E-state index in [9.17, 15) is 4.79 Å². The van der Waals surface area contributed by atoms with Gasteiger partial charge >= 0.3 is 0 Å². The quantitative estimate of drug-likeness (QED) is 0.686. The molecule has 1 saturated carbocycles. The van der Waals surface area contributed by atoms with Gasteiger partial charge in [-0.15, -0.1) is 0 Å². The molecule has 0 bridgehead atoms. The molecule has 0 saturated heterocycles. The Balaban J connectivity index is 2.67. The summed E-state index contributed by atoms with van der Waals surface area (Å²) in [6.07, 6.45) is 4.55. The van der Waals surface area contributed by atoms with E-state index in [0.717, 1.165) is 30.6 Å². The lowest BCUT2D eigenvalue weighted by molar-refractivity contribution is -0.117. The van der Waals surface area contributed by atoms with Gasteiger partial charge in [-0.2, -0.15) is 0 Å². The molecule has 3 unspecified atom stereocenters. The van der Waals surface area contributed by atoms with Crippen LogP contribution in [-0.2, 0) is 4.79 Å². The van der Waals surface area contributed by atoms with E-state index in [4.69, 9.17) is 0 Å². The third-order valence-corrected chi connectivity index (χ3v) is 4.78. The minimum atomic E-state index is 0.344. The summed E-state index contributed by atoms with van der Waals surface area (Å²) in [6, 6.07) is 0. The van der Waals surface area contributed by atoms with Crippen molar-refractivity contribution in [3.05, 3.63) is 0 Å². The Labute approximate surface area is 94.6 Å². The van der Waals surface area contributed by atoms with Crippen LogP contribution in [0.3, 0.4) is 0 Å². The van der Waals surface area contributed by atoms with Crippen LogP contribution in [0.4, 0.5) is 0 Å². The van der Waals surface area contributed by atoms with Crippen LogP contribution in [-0.4, -0.2) is 5.78 Å². The van der Waals surface area contributed by atoms with Crippen LogP contribution in [0.15, 0.2) is 0 Å². The van der Waals surface area contributed by atoms with Gasteiger partial charge in [0, 0.05) is 6.42 Å². The summed E-state index contributed by atoms with van der Waals surface area (Å²) in [5.41, 5.74) is 0.410. The van der Waals surface area contributed by atoms with Gasteiger partial charge in [-0.25, -0.2) is 0 Å². The van der Waals surface area contributed by atoms with Gasteiger partial charge in [-0.1, -0.05) is 34.1 Å². The minimum absolute atomic E-state index is 0.344. The lowest BCUT2D eigenvalue weighted by Gasteiger charge is -2.47. The zero-order chi connectivity index (χ0) is 11.6. The molecule has 88 valence electrons. The highest BCUT2D eigenvalue weighted by atomic mass is 16.1. The molecular weight excluding hydrogens is 184 g/mol. The summed E-state index contributed by atoms with van der Waals surface area (Å²) >= 11 is 0. The van der Waals surface area contributed by atoms with Crippen molar-refractivity contribution in [2.24, 2.45) is 23.2 Å². The van der Waals surface area contributed by atoms with Crippen LogP contribution < -0.4 is 0 Å². The number of Topliss-reactive ketones (excluding diaryl/α,β-unsaturated/α-hetero) is 1.